The number of aryl methyl sites for hydroxylation is 1. The Morgan fingerprint density at radius 3 is 2.67 bits per heavy atom. The predicted molar refractivity (Wildman–Crippen MR) is 122 cm³/mol. The van der Waals surface area contributed by atoms with Crippen molar-refractivity contribution in [2.45, 2.75) is 32.6 Å². The molecule has 3 aromatic rings. The first kappa shape index (κ1) is 22.2. The second-order valence-corrected chi connectivity index (χ2v) is 7.65. The third kappa shape index (κ3) is 5.53. The molecule has 8 heteroatoms. The number of benzene rings is 2. The molecule has 6 nitrogen and oxygen atoms in total. The molecule has 2 aromatic carbocycles. The molecule has 0 unspecified atom stereocenters. The summed E-state index contributed by atoms with van der Waals surface area (Å²) in [7, 11) is 0. The topological polar surface area (TPSA) is 79.2 Å². The molecule has 0 aliphatic carbocycles. The van der Waals surface area contributed by atoms with Crippen molar-refractivity contribution in [2.24, 2.45) is 0 Å². The number of nitrogens with one attached hydrogen (secondary N) is 2. The molecule has 0 saturated heterocycles. The van der Waals surface area contributed by atoms with E-state index >= 15 is 0 Å². The highest BCUT2D eigenvalue weighted by atomic mass is 35.5. The number of hydrogen-bond acceptors (Lipinski definition) is 3. The van der Waals surface area contributed by atoms with Gasteiger partial charge in [0.2, 0.25) is 0 Å². The van der Waals surface area contributed by atoms with E-state index in [1.807, 2.05) is 30.3 Å². The van der Waals surface area contributed by atoms with Crippen LogP contribution in [-0.4, -0.2) is 27.5 Å². The molecule has 3 N–H and O–H groups in total. The van der Waals surface area contributed by atoms with Gasteiger partial charge in [-0.1, -0.05) is 54.7 Å². The lowest BCUT2D eigenvalue weighted by Crippen LogP contribution is -2.21. The number of aliphatic hydroxyl groups excluding tert-OH is 1. The predicted octanol–water partition coefficient (Wildman–Crippen LogP) is 5.70. The van der Waals surface area contributed by atoms with Crippen molar-refractivity contribution in [1.29, 1.82) is 0 Å². The summed E-state index contributed by atoms with van der Waals surface area (Å²) in [5, 5.41) is 20.1. The Balaban J connectivity index is 1.87. The van der Waals surface area contributed by atoms with Gasteiger partial charge in [-0.2, -0.15) is 5.10 Å². The molecular formula is C22H24Cl2N4O2. The molecule has 0 spiro atoms. The second-order valence-electron chi connectivity index (χ2n) is 6.86. The van der Waals surface area contributed by atoms with Crippen molar-refractivity contribution in [3.63, 3.8) is 0 Å². The summed E-state index contributed by atoms with van der Waals surface area (Å²) in [6.45, 7) is 2.19. The number of aromatic nitrogens is 2. The number of rotatable bonds is 8. The second kappa shape index (κ2) is 10.5. The molecule has 0 aliphatic rings. The Morgan fingerprint density at radius 2 is 1.90 bits per heavy atom. The summed E-state index contributed by atoms with van der Waals surface area (Å²) < 4.78 is 1.70. The van der Waals surface area contributed by atoms with Gasteiger partial charge in [-0.15, -0.1) is 0 Å². The number of carbonyl (C=O) groups excluding carboxylic acids is 1. The lowest BCUT2D eigenvalue weighted by Gasteiger charge is -2.12. The molecule has 30 heavy (non-hydrogen) atoms. The fourth-order valence-electron chi connectivity index (χ4n) is 3.04. The SMILES string of the molecule is CCCCc1cc(NC(=O)Nc2cccc(Cl)c2Cl)n(-c2cccc(CCO)c2)n1. The van der Waals surface area contributed by atoms with Crippen LogP contribution in [0.1, 0.15) is 31.0 Å². The van der Waals surface area contributed by atoms with E-state index in [2.05, 4.69) is 22.7 Å². The average molecular weight is 447 g/mol. The van der Waals surface area contributed by atoms with E-state index in [-0.39, 0.29) is 11.6 Å². The van der Waals surface area contributed by atoms with Crippen molar-refractivity contribution < 1.29 is 9.90 Å². The molecule has 0 fully saturated rings. The van der Waals surface area contributed by atoms with Crippen molar-refractivity contribution in [3.8, 4) is 5.69 Å². The molecule has 0 bridgehead atoms. The first-order chi connectivity index (χ1) is 14.5. The van der Waals surface area contributed by atoms with Crippen LogP contribution in [0.4, 0.5) is 16.3 Å². The Labute approximate surface area is 185 Å². The first-order valence-corrected chi connectivity index (χ1v) is 10.6. The van der Waals surface area contributed by atoms with Crippen LogP contribution >= 0.6 is 23.2 Å². The molecule has 0 atom stereocenters. The minimum absolute atomic E-state index is 0.0677. The summed E-state index contributed by atoms with van der Waals surface area (Å²) >= 11 is 12.2. The number of urea groups is 1. The van der Waals surface area contributed by atoms with Crippen molar-refractivity contribution in [1.82, 2.24) is 9.78 Å². The van der Waals surface area contributed by atoms with Gasteiger partial charge in [-0.05, 0) is 49.1 Å². The Hall–Kier alpha value is -2.54. The van der Waals surface area contributed by atoms with Gasteiger partial charge in [0.1, 0.15) is 5.82 Å². The molecule has 1 heterocycles. The first-order valence-electron chi connectivity index (χ1n) is 9.83. The van der Waals surface area contributed by atoms with Gasteiger partial charge in [-0.3, -0.25) is 5.32 Å². The minimum Gasteiger partial charge on any atom is -0.396 e. The van der Waals surface area contributed by atoms with Gasteiger partial charge in [0.25, 0.3) is 0 Å². The highest BCUT2D eigenvalue weighted by Crippen LogP contribution is 2.29. The van der Waals surface area contributed by atoms with Crippen LogP contribution in [0.15, 0.2) is 48.5 Å². The third-order valence-corrected chi connectivity index (χ3v) is 5.36. The van der Waals surface area contributed by atoms with E-state index in [0.29, 0.717) is 22.9 Å². The van der Waals surface area contributed by atoms with Gasteiger partial charge >= 0.3 is 6.03 Å². The van der Waals surface area contributed by atoms with Gasteiger partial charge in [-0.25, -0.2) is 9.48 Å². The van der Waals surface area contributed by atoms with Crippen LogP contribution < -0.4 is 10.6 Å². The highest BCUT2D eigenvalue weighted by molar-refractivity contribution is 6.44. The van der Waals surface area contributed by atoms with Crippen molar-refractivity contribution in [2.75, 3.05) is 17.2 Å². The van der Waals surface area contributed by atoms with E-state index in [0.717, 1.165) is 36.2 Å². The van der Waals surface area contributed by atoms with E-state index < -0.39 is 6.03 Å². The summed E-state index contributed by atoms with van der Waals surface area (Å²) in [6.07, 6.45) is 3.42. The summed E-state index contributed by atoms with van der Waals surface area (Å²) in [4.78, 5) is 12.6. The molecule has 1 aromatic heterocycles. The monoisotopic (exact) mass is 446 g/mol. The van der Waals surface area contributed by atoms with E-state index in [9.17, 15) is 9.90 Å². The summed E-state index contributed by atoms with van der Waals surface area (Å²) in [6, 6.07) is 14.2. The molecule has 158 valence electrons. The maximum absolute atomic E-state index is 12.6. The molecule has 0 radical (unpaired) electrons. The number of nitrogens with zero attached hydrogens (tertiary/aromatic N) is 2. The Bertz CT molecular complexity index is 1020. The van der Waals surface area contributed by atoms with Crippen LogP contribution in [0.5, 0.6) is 0 Å². The van der Waals surface area contributed by atoms with Gasteiger partial charge in [0, 0.05) is 12.7 Å². The largest absolute Gasteiger partial charge is 0.396 e. The fraction of sp³-hybridized carbons (Fsp3) is 0.273. The van der Waals surface area contributed by atoms with Gasteiger partial charge < -0.3 is 10.4 Å². The summed E-state index contributed by atoms with van der Waals surface area (Å²) in [5.41, 5.74) is 3.10. The number of aliphatic hydroxyl groups is 1. The van der Waals surface area contributed by atoms with Crippen molar-refractivity contribution >= 4 is 40.7 Å². The van der Waals surface area contributed by atoms with Crippen LogP contribution in [0, 0.1) is 0 Å². The maximum atomic E-state index is 12.6. The number of amides is 2. The Morgan fingerprint density at radius 1 is 1.10 bits per heavy atom. The zero-order valence-electron chi connectivity index (χ0n) is 16.7. The maximum Gasteiger partial charge on any atom is 0.324 e. The standard InChI is InChI=1S/C22H24Cl2N4O2/c1-2-3-7-16-14-20(26-22(30)25-19-10-5-9-18(23)21(19)24)28(27-16)17-8-4-6-15(13-17)11-12-29/h4-6,8-10,13-14,29H,2-3,7,11-12H2,1H3,(H2,25,26,30). The zero-order chi connectivity index (χ0) is 21.5. The fourth-order valence-corrected chi connectivity index (χ4v) is 3.39. The summed E-state index contributed by atoms with van der Waals surface area (Å²) in [5.74, 6) is 0.540. The lowest BCUT2D eigenvalue weighted by molar-refractivity contribution is 0.262. The van der Waals surface area contributed by atoms with Gasteiger partial charge in [0.05, 0.1) is 27.1 Å². The molecule has 3 rings (SSSR count). The molecule has 2 amide bonds. The normalized spacial score (nSPS) is 10.8. The van der Waals surface area contributed by atoms with E-state index in [4.69, 9.17) is 23.2 Å². The highest BCUT2D eigenvalue weighted by Gasteiger charge is 2.14. The van der Waals surface area contributed by atoms with Crippen LogP contribution in [0.2, 0.25) is 10.0 Å². The number of hydrogen-bond donors (Lipinski definition) is 3. The van der Waals surface area contributed by atoms with E-state index in [1.54, 1.807) is 22.9 Å². The molecule has 0 aliphatic heterocycles. The molecule has 0 saturated carbocycles. The van der Waals surface area contributed by atoms with Crippen LogP contribution in [0.25, 0.3) is 5.69 Å². The van der Waals surface area contributed by atoms with Crippen molar-refractivity contribution in [3.05, 3.63) is 69.8 Å². The zero-order valence-corrected chi connectivity index (χ0v) is 18.2. The van der Waals surface area contributed by atoms with Gasteiger partial charge in [0.15, 0.2) is 0 Å². The average Bonchev–Trinajstić information content (AvgIpc) is 3.13. The Kier molecular flexibility index (Phi) is 7.74. The minimum atomic E-state index is -0.450. The van der Waals surface area contributed by atoms with Crippen LogP contribution in [-0.2, 0) is 12.8 Å². The number of carbonyl (C=O) groups is 1. The molecular weight excluding hydrogens is 423 g/mol. The van der Waals surface area contributed by atoms with E-state index in [1.165, 1.54) is 0 Å². The number of unbranched alkanes of at least 4 members (excludes halogenated alkanes) is 1. The number of anilines is 2. The number of halogens is 2. The smallest absolute Gasteiger partial charge is 0.324 e. The lowest BCUT2D eigenvalue weighted by atomic mass is 10.1. The quantitative estimate of drug-likeness (QED) is 0.415. The third-order valence-electron chi connectivity index (χ3n) is 4.54. The van der Waals surface area contributed by atoms with Crippen LogP contribution in [0.3, 0.4) is 0 Å².